The monoisotopic (exact) mass is 370 g/mol. The number of carbonyl (C=O) groups excluding carboxylic acids is 1. The van der Waals surface area contributed by atoms with Crippen molar-refractivity contribution in [2.45, 2.75) is 38.0 Å². The van der Waals surface area contributed by atoms with Crippen LogP contribution in [0.4, 0.5) is 0 Å². The topological polar surface area (TPSA) is 41.6 Å². The summed E-state index contributed by atoms with van der Waals surface area (Å²) in [5, 5.41) is 4.13. The Kier molecular flexibility index (Phi) is 5.14. The van der Waals surface area contributed by atoms with Gasteiger partial charge in [-0.3, -0.25) is 4.79 Å². The van der Waals surface area contributed by atoms with E-state index in [9.17, 15) is 4.79 Å². The molecule has 2 aliphatic heterocycles. The highest BCUT2D eigenvalue weighted by atomic mass is 35.5. The molecule has 1 N–H and O–H groups in total. The van der Waals surface area contributed by atoms with E-state index in [2.05, 4.69) is 10.2 Å². The molecule has 2 atom stereocenters. The fourth-order valence-electron chi connectivity index (χ4n) is 3.98. The molecule has 4 rings (SSSR count). The van der Waals surface area contributed by atoms with Crippen LogP contribution in [0.15, 0.2) is 48.5 Å². The predicted molar refractivity (Wildman–Crippen MR) is 103 cm³/mol. The van der Waals surface area contributed by atoms with Gasteiger partial charge in [0.2, 0.25) is 0 Å². The van der Waals surface area contributed by atoms with Gasteiger partial charge in [-0.15, -0.1) is 0 Å². The minimum atomic E-state index is 0.120. The summed E-state index contributed by atoms with van der Waals surface area (Å²) >= 11 is 6.02. The molecule has 26 heavy (non-hydrogen) atoms. The van der Waals surface area contributed by atoms with E-state index in [4.69, 9.17) is 16.3 Å². The van der Waals surface area contributed by atoms with Gasteiger partial charge in [0.05, 0.1) is 0 Å². The lowest BCUT2D eigenvalue weighted by Gasteiger charge is -2.28. The molecule has 2 saturated heterocycles. The van der Waals surface area contributed by atoms with Crippen LogP contribution in [0.25, 0.3) is 0 Å². The summed E-state index contributed by atoms with van der Waals surface area (Å²) in [6.45, 7) is 2.32. The molecule has 5 heteroatoms. The Labute approximate surface area is 159 Å². The van der Waals surface area contributed by atoms with Crippen molar-refractivity contribution in [2.24, 2.45) is 0 Å². The average Bonchev–Trinajstić information content (AvgIpc) is 2.92. The van der Waals surface area contributed by atoms with Crippen molar-refractivity contribution in [1.29, 1.82) is 0 Å². The molecule has 2 fully saturated rings. The lowest BCUT2D eigenvalue weighted by atomic mass is 10.1. The van der Waals surface area contributed by atoms with Gasteiger partial charge in [-0.25, -0.2) is 0 Å². The van der Waals surface area contributed by atoms with Gasteiger partial charge in [0.1, 0.15) is 12.4 Å². The summed E-state index contributed by atoms with van der Waals surface area (Å²) in [5.41, 5.74) is 1.71. The van der Waals surface area contributed by atoms with Crippen molar-refractivity contribution < 1.29 is 9.53 Å². The molecule has 0 radical (unpaired) electrons. The second kappa shape index (κ2) is 7.68. The van der Waals surface area contributed by atoms with E-state index in [-0.39, 0.29) is 5.91 Å². The van der Waals surface area contributed by atoms with Crippen LogP contribution in [-0.4, -0.2) is 36.0 Å². The maximum absolute atomic E-state index is 13.1. The van der Waals surface area contributed by atoms with E-state index in [0.717, 1.165) is 37.9 Å². The van der Waals surface area contributed by atoms with Gasteiger partial charge in [-0.2, -0.15) is 0 Å². The molecule has 0 saturated carbocycles. The van der Waals surface area contributed by atoms with Gasteiger partial charge in [0, 0.05) is 29.2 Å². The molecular weight excluding hydrogens is 348 g/mol. The van der Waals surface area contributed by atoms with Gasteiger partial charge in [0.25, 0.3) is 5.91 Å². The van der Waals surface area contributed by atoms with E-state index in [1.165, 1.54) is 0 Å². The lowest BCUT2D eigenvalue weighted by Crippen LogP contribution is -2.42. The summed E-state index contributed by atoms with van der Waals surface area (Å²) in [5.74, 6) is 0.825. The first-order valence-electron chi connectivity index (χ1n) is 9.21. The molecule has 2 heterocycles. The molecule has 0 spiro atoms. The molecule has 2 bridgehead atoms. The summed E-state index contributed by atoms with van der Waals surface area (Å²) in [7, 11) is 0. The van der Waals surface area contributed by atoms with Crippen molar-refractivity contribution in [3.05, 3.63) is 64.7 Å². The van der Waals surface area contributed by atoms with Crippen LogP contribution in [0.1, 0.15) is 35.2 Å². The Bertz CT molecular complexity index is 781. The molecule has 2 aromatic carbocycles. The quantitative estimate of drug-likeness (QED) is 0.887. The predicted octanol–water partition coefficient (Wildman–Crippen LogP) is 3.89. The van der Waals surface area contributed by atoms with Crippen LogP contribution in [0, 0.1) is 0 Å². The Morgan fingerprint density at radius 3 is 2.85 bits per heavy atom. The molecule has 2 unspecified atom stereocenters. The largest absolute Gasteiger partial charge is 0.489 e. The third kappa shape index (κ3) is 3.71. The molecule has 0 aromatic heterocycles. The van der Waals surface area contributed by atoms with Crippen molar-refractivity contribution in [1.82, 2.24) is 10.2 Å². The van der Waals surface area contributed by atoms with Crippen molar-refractivity contribution in [2.75, 3.05) is 13.1 Å². The summed E-state index contributed by atoms with van der Waals surface area (Å²) in [6.07, 6.45) is 3.24. The fraction of sp³-hybridized carbons (Fsp3) is 0.381. The second-order valence-electron chi connectivity index (χ2n) is 7.04. The van der Waals surface area contributed by atoms with Gasteiger partial charge < -0.3 is 15.0 Å². The lowest BCUT2D eigenvalue weighted by molar-refractivity contribution is 0.0680. The van der Waals surface area contributed by atoms with E-state index >= 15 is 0 Å². The SMILES string of the molecule is O=C(c1cccc(OCc2cccc(Cl)c2)c1)N1C2CCNCC1CC2. The van der Waals surface area contributed by atoms with Crippen LogP contribution in [0.5, 0.6) is 5.75 Å². The number of halogens is 1. The number of carbonyl (C=O) groups is 1. The number of ether oxygens (including phenoxy) is 1. The third-order valence-corrected chi connectivity index (χ3v) is 5.50. The minimum Gasteiger partial charge on any atom is -0.489 e. The van der Waals surface area contributed by atoms with Gasteiger partial charge in [-0.1, -0.05) is 29.8 Å². The smallest absolute Gasteiger partial charge is 0.254 e. The van der Waals surface area contributed by atoms with E-state index < -0.39 is 0 Å². The number of fused-ring (bicyclic) bond motifs is 2. The Morgan fingerprint density at radius 2 is 1.96 bits per heavy atom. The van der Waals surface area contributed by atoms with Crippen molar-refractivity contribution in [3.63, 3.8) is 0 Å². The molecule has 136 valence electrons. The molecule has 0 aliphatic carbocycles. The highest BCUT2D eigenvalue weighted by molar-refractivity contribution is 6.30. The minimum absolute atomic E-state index is 0.120. The number of nitrogens with one attached hydrogen (secondary N) is 1. The highest BCUT2D eigenvalue weighted by Crippen LogP contribution is 2.30. The zero-order valence-corrected chi connectivity index (χ0v) is 15.4. The fourth-order valence-corrected chi connectivity index (χ4v) is 4.19. The van der Waals surface area contributed by atoms with Crippen molar-refractivity contribution in [3.8, 4) is 5.75 Å². The summed E-state index contributed by atoms with van der Waals surface area (Å²) in [6, 6.07) is 15.8. The summed E-state index contributed by atoms with van der Waals surface area (Å²) in [4.78, 5) is 15.2. The summed E-state index contributed by atoms with van der Waals surface area (Å²) < 4.78 is 5.88. The zero-order valence-electron chi connectivity index (χ0n) is 14.7. The second-order valence-corrected chi connectivity index (χ2v) is 7.47. The molecule has 2 aromatic rings. The van der Waals surface area contributed by atoms with E-state index in [0.29, 0.717) is 35.0 Å². The first kappa shape index (κ1) is 17.4. The standard InChI is InChI=1S/C21H23ClN2O2/c22-17-5-1-3-15(11-17)14-26-20-6-2-4-16(12-20)21(25)24-18-7-8-19(24)13-23-10-9-18/h1-6,11-12,18-19,23H,7-10,13-14H2. The molecule has 4 nitrogen and oxygen atoms in total. The van der Waals surface area contributed by atoms with Crippen LogP contribution in [0.3, 0.4) is 0 Å². The number of hydrogen-bond acceptors (Lipinski definition) is 3. The number of nitrogens with zero attached hydrogens (tertiary/aromatic N) is 1. The van der Waals surface area contributed by atoms with Gasteiger partial charge in [0.15, 0.2) is 0 Å². The maximum Gasteiger partial charge on any atom is 0.254 e. The highest BCUT2D eigenvalue weighted by Gasteiger charge is 2.38. The Morgan fingerprint density at radius 1 is 1.12 bits per heavy atom. The number of rotatable bonds is 4. The number of benzene rings is 2. The Hall–Kier alpha value is -2.04. The van der Waals surface area contributed by atoms with E-state index in [1.807, 2.05) is 48.5 Å². The van der Waals surface area contributed by atoms with Crippen LogP contribution >= 0.6 is 11.6 Å². The number of amides is 1. The normalized spacial score (nSPS) is 22.1. The first-order valence-corrected chi connectivity index (χ1v) is 9.59. The van der Waals surface area contributed by atoms with E-state index in [1.54, 1.807) is 0 Å². The van der Waals surface area contributed by atoms with Crippen LogP contribution in [-0.2, 0) is 6.61 Å². The Balaban J connectivity index is 1.47. The molecule has 1 amide bonds. The molecular formula is C21H23ClN2O2. The van der Waals surface area contributed by atoms with Crippen LogP contribution in [0.2, 0.25) is 5.02 Å². The van der Waals surface area contributed by atoms with Gasteiger partial charge in [-0.05, 0) is 61.7 Å². The number of hydrogen-bond donors (Lipinski definition) is 1. The first-order chi connectivity index (χ1) is 12.7. The zero-order chi connectivity index (χ0) is 17.9. The van der Waals surface area contributed by atoms with Gasteiger partial charge >= 0.3 is 0 Å². The van der Waals surface area contributed by atoms with Crippen molar-refractivity contribution >= 4 is 17.5 Å². The average molecular weight is 371 g/mol. The maximum atomic E-state index is 13.1. The molecule has 2 aliphatic rings. The third-order valence-electron chi connectivity index (χ3n) is 5.26. The van der Waals surface area contributed by atoms with Crippen LogP contribution < -0.4 is 10.1 Å².